The van der Waals surface area contributed by atoms with Gasteiger partial charge < -0.3 is 0 Å². The second-order valence-corrected chi connectivity index (χ2v) is 5.47. The van der Waals surface area contributed by atoms with Gasteiger partial charge in [0.1, 0.15) is 5.82 Å². The second-order valence-electron chi connectivity index (χ2n) is 3.86. The van der Waals surface area contributed by atoms with Crippen LogP contribution < -0.4 is 0 Å². The van der Waals surface area contributed by atoms with Crippen LogP contribution in [0.4, 0.5) is 4.39 Å². The lowest BCUT2D eigenvalue weighted by Crippen LogP contribution is -1.91. The number of halogens is 4. The maximum Gasteiger partial charge on any atom is 0.123 e. The fourth-order valence-corrected chi connectivity index (χ4v) is 2.82. The molecule has 0 aliphatic heterocycles. The normalized spacial score (nSPS) is 10.7. The summed E-state index contributed by atoms with van der Waals surface area (Å²) in [4.78, 5) is 0. The van der Waals surface area contributed by atoms with E-state index in [0.29, 0.717) is 10.0 Å². The van der Waals surface area contributed by atoms with Crippen molar-refractivity contribution in [2.75, 3.05) is 5.33 Å². The molecule has 0 heterocycles. The van der Waals surface area contributed by atoms with Crippen LogP contribution in [0, 0.1) is 5.82 Å². The molecule has 4 heteroatoms. The second kappa shape index (κ2) is 6.05. The predicted octanol–water partition coefficient (Wildman–Crippen LogP) is 5.74. The summed E-state index contributed by atoms with van der Waals surface area (Å²) in [5.41, 5.74) is 2.72. The van der Waals surface area contributed by atoms with Crippen LogP contribution in [-0.2, 0) is 6.42 Å². The Labute approximate surface area is 124 Å². The van der Waals surface area contributed by atoms with Gasteiger partial charge in [-0.1, -0.05) is 51.3 Å². The molecule has 0 atom stereocenters. The fraction of sp³-hybridized carbons (Fsp3) is 0.143. The van der Waals surface area contributed by atoms with Crippen molar-refractivity contribution in [3.63, 3.8) is 0 Å². The van der Waals surface area contributed by atoms with Crippen molar-refractivity contribution in [2.45, 2.75) is 6.42 Å². The van der Waals surface area contributed by atoms with Crippen molar-refractivity contribution in [3.05, 3.63) is 57.8 Å². The minimum absolute atomic E-state index is 0.258. The van der Waals surface area contributed by atoms with Gasteiger partial charge in [-0.05, 0) is 47.4 Å². The van der Waals surface area contributed by atoms with Crippen molar-refractivity contribution in [1.29, 1.82) is 0 Å². The Morgan fingerprint density at radius 3 is 2.00 bits per heavy atom. The maximum absolute atomic E-state index is 12.9. The van der Waals surface area contributed by atoms with Gasteiger partial charge in [-0.2, -0.15) is 0 Å². The summed E-state index contributed by atoms with van der Waals surface area (Å²) in [5.74, 6) is -0.258. The van der Waals surface area contributed by atoms with E-state index >= 15 is 0 Å². The average molecular weight is 348 g/mol. The molecule has 0 amide bonds. The van der Waals surface area contributed by atoms with E-state index in [1.807, 2.05) is 12.1 Å². The number of alkyl halides is 1. The first-order valence-corrected chi connectivity index (χ1v) is 7.29. The molecule has 0 unspecified atom stereocenters. The first kappa shape index (κ1) is 13.9. The van der Waals surface area contributed by atoms with Gasteiger partial charge >= 0.3 is 0 Å². The SMILES string of the molecule is Fc1ccc(-c2cc(Cl)c(CCBr)c(Cl)c2)cc1. The van der Waals surface area contributed by atoms with Crippen LogP contribution in [0.25, 0.3) is 11.1 Å². The number of hydrogen-bond acceptors (Lipinski definition) is 0. The van der Waals surface area contributed by atoms with E-state index in [0.717, 1.165) is 28.4 Å². The van der Waals surface area contributed by atoms with Gasteiger partial charge in [-0.3, -0.25) is 0 Å². The molecule has 0 saturated heterocycles. The zero-order valence-electron chi connectivity index (χ0n) is 9.39. The van der Waals surface area contributed by atoms with E-state index in [-0.39, 0.29) is 5.82 Å². The summed E-state index contributed by atoms with van der Waals surface area (Å²) in [5, 5.41) is 2.09. The van der Waals surface area contributed by atoms with Gasteiger partial charge in [0.25, 0.3) is 0 Å². The third kappa shape index (κ3) is 3.05. The lowest BCUT2D eigenvalue weighted by Gasteiger charge is -2.09. The van der Waals surface area contributed by atoms with Crippen LogP contribution in [0.1, 0.15) is 5.56 Å². The Kier molecular flexibility index (Phi) is 4.66. The van der Waals surface area contributed by atoms with E-state index in [1.165, 1.54) is 12.1 Å². The summed E-state index contributed by atoms with van der Waals surface area (Å²) in [6, 6.07) is 9.98. The smallest absolute Gasteiger partial charge is 0.123 e. The third-order valence-corrected chi connectivity index (χ3v) is 3.73. The molecule has 0 N–H and O–H groups in total. The summed E-state index contributed by atoms with van der Waals surface area (Å²) in [7, 11) is 0. The minimum Gasteiger partial charge on any atom is -0.207 e. The number of rotatable bonds is 3. The zero-order valence-corrected chi connectivity index (χ0v) is 12.5. The van der Waals surface area contributed by atoms with Crippen molar-refractivity contribution in [3.8, 4) is 11.1 Å². The highest BCUT2D eigenvalue weighted by molar-refractivity contribution is 9.09. The highest BCUT2D eigenvalue weighted by atomic mass is 79.9. The van der Waals surface area contributed by atoms with Gasteiger partial charge in [0.15, 0.2) is 0 Å². The molecule has 94 valence electrons. The maximum atomic E-state index is 12.9. The summed E-state index contributed by atoms with van der Waals surface area (Å²) in [6.45, 7) is 0. The highest BCUT2D eigenvalue weighted by Crippen LogP contribution is 2.32. The van der Waals surface area contributed by atoms with E-state index in [9.17, 15) is 4.39 Å². The molecule has 2 aromatic rings. The first-order chi connectivity index (χ1) is 8.61. The third-order valence-electron chi connectivity index (χ3n) is 2.66. The van der Waals surface area contributed by atoms with Crippen LogP contribution >= 0.6 is 39.1 Å². The van der Waals surface area contributed by atoms with E-state index in [1.54, 1.807) is 12.1 Å². The van der Waals surface area contributed by atoms with E-state index < -0.39 is 0 Å². The Bertz CT molecular complexity index is 529. The van der Waals surface area contributed by atoms with E-state index in [2.05, 4.69) is 15.9 Å². The lowest BCUT2D eigenvalue weighted by atomic mass is 10.0. The molecule has 0 bridgehead atoms. The van der Waals surface area contributed by atoms with Crippen molar-refractivity contribution in [1.82, 2.24) is 0 Å². The van der Waals surface area contributed by atoms with Crippen molar-refractivity contribution >= 4 is 39.1 Å². The van der Waals surface area contributed by atoms with Crippen LogP contribution in [0.2, 0.25) is 10.0 Å². The number of hydrogen-bond donors (Lipinski definition) is 0. The van der Waals surface area contributed by atoms with Crippen LogP contribution in [0.3, 0.4) is 0 Å². The molecule has 0 aliphatic carbocycles. The van der Waals surface area contributed by atoms with Gasteiger partial charge in [-0.15, -0.1) is 0 Å². The molecule has 18 heavy (non-hydrogen) atoms. The summed E-state index contributed by atoms with van der Waals surface area (Å²) < 4.78 is 12.9. The fourth-order valence-electron chi connectivity index (χ4n) is 1.75. The van der Waals surface area contributed by atoms with Gasteiger partial charge in [-0.25, -0.2) is 4.39 Å². The molecule has 0 spiro atoms. The molecule has 2 rings (SSSR count). The van der Waals surface area contributed by atoms with Gasteiger partial charge in [0, 0.05) is 15.4 Å². The first-order valence-electron chi connectivity index (χ1n) is 5.41. The topological polar surface area (TPSA) is 0 Å². The quantitative estimate of drug-likeness (QED) is 0.621. The molecule has 0 aliphatic rings. The van der Waals surface area contributed by atoms with Crippen LogP contribution in [0.15, 0.2) is 36.4 Å². The molecule has 0 radical (unpaired) electrons. The minimum atomic E-state index is -0.258. The van der Waals surface area contributed by atoms with Gasteiger partial charge in [0.2, 0.25) is 0 Å². The zero-order chi connectivity index (χ0) is 13.1. The Hall–Kier alpha value is -0.570. The van der Waals surface area contributed by atoms with Crippen LogP contribution in [0.5, 0.6) is 0 Å². The molecule has 0 aromatic heterocycles. The van der Waals surface area contributed by atoms with Crippen LogP contribution in [-0.4, -0.2) is 5.33 Å². The molecule has 2 aromatic carbocycles. The van der Waals surface area contributed by atoms with Crippen molar-refractivity contribution in [2.24, 2.45) is 0 Å². The monoisotopic (exact) mass is 346 g/mol. The Morgan fingerprint density at radius 2 is 1.50 bits per heavy atom. The standard InChI is InChI=1S/C14H10BrCl2F/c15-6-5-12-13(16)7-10(8-14(12)17)9-1-3-11(18)4-2-9/h1-4,7-8H,5-6H2. The van der Waals surface area contributed by atoms with Gasteiger partial charge in [0.05, 0.1) is 0 Å². The summed E-state index contributed by atoms with van der Waals surface area (Å²) in [6.07, 6.45) is 0.779. The van der Waals surface area contributed by atoms with E-state index in [4.69, 9.17) is 23.2 Å². The Balaban J connectivity index is 2.44. The lowest BCUT2D eigenvalue weighted by molar-refractivity contribution is 0.628. The van der Waals surface area contributed by atoms with Crippen molar-refractivity contribution < 1.29 is 4.39 Å². The molecular weight excluding hydrogens is 338 g/mol. The molecule has 0 saturated carbocycles. The number of benzene rings is 2. The molecule has 0 fully saturated rings. The molecule has 0 nitrogen and oxygen atoms in total. The predicted molar refractivity (Wildman–Crippen MR) is 79.4 cm³/mol. The Morgan fingerprint density at radius 1 is 0.944 bits per heavy atom. The average Bonchev–Trinajstić information content (AvgIpc) is 2.34. The summed E-state index contributed by atoms with van der Waals surface area (Å²) >= 11 is 15.8. The highest BCUT2D eigenvalue weighted by Gasteiger charge is 2.09. The largest absolute Gasteiger partial charge is 0.207 e. The molecular formula is C14H10BrCl2F.